The van der Waals surface area contributed by atoms with Crippen molar-refractivity contribution in [3.63, 3.8) is 0 Å². The normalized spacial score (nSPS) is 10.9. The van der Waals surface area contributed by atoms with Crippen LogP contribution in [0.3, 0.4) is 0 Å². The number of aliphatic carboxylic acids is 1. The van der Waals surface area contributed by atoms with Crippen molar-refractivity contribution in [2.75, 3.05) is 5.75 Å². The highest BCUT2D eigenvalue weighted by Gasteiger charge is 2.15. The molecule has 106 valence electrons. The van der Waals surface area contributed by atoms with Gasteiger partial charge in [-0.2, -0.15) is 0 Å². The van der Waals surface area contributed by atoms with Crippen molar-refractivity contribution in [3.05, 3.63) is 47.6 Å². The third-order valence-electron chi connectivity index (χ3n) is 2.78. The van der Waals surface area contributed by atoms with Gasteiger partial charge in [0.2, 0.25) is 0 Å². The predicted molar refractivity (Wildman–Crippen MR) is 82.2 cm³/mol. The number of benzene rings is 1. The summed E-state index contributed by atoms with van der Waals surface area (Å²) in [5.41, 5.74) is 2.19. The van der Waals surface area contributed by atoms with Crippen LogP contribution in [0.1, 0.15) is 0 Å². The van der Waals surface area contributed by atoms with Crippen molar-refractivity contribution in [3.8, 4) is 5.69 Å². The fourth-order valence-corrected chi connectivity index (χ4v) is 2.88. The van der Waals surface area contributed by atoms with E-state index in [0.717, 1.165) is 17.4 Å². The number of carboxylic acid groups (broad SMARTS) is 1. The zero-order chi connectivity index (χ0) is 14.8. The molecule has 3 rings (SSSR count). The molecule has 0 aliphatic carbocycles. The van der Waals surface area contributed by atoms with E-state index in [1.807, 2.05) is 22.8 Å². The van der Waals surface area contributed by atoms with Gasteiger partial charge in [-0.1, -0.05) is 29.4 Å². The Kier molecular flexibility index (Phi) is 3.81. The summed E-state index contributed by atoms with van der Waals surface area (Å²) in [6, 6.07) is 10.9. The average molecular weight is 320 g/mol. The second-order valence-electron chi connectivity index (χ2n) is 4.24. The zero-order valence-corrected chi connectivity index (χ0v) is 12.3. The monoisotopic (exact) mass is 319 g/mol. The Labute approximate surface area is 129 Å². The van der Waals surface area contributed by atoms with Gasteiger partial charge in [0.15, 0.2) is 10.8 Å². The van der Waals surface area contributed by atoms with Gasteiger partial charge in [0.1, 0.15) is 5.52 Å². The second kappa shape index (κ2) is 5.75. The highest BCUT2D eigenvalue weighted by molar-refractivity contribution is 7.99. The Morgan fingerprint density at radius 1 is 1.33 bits per heavy atom. The van der Waals surface area contributed by atoms with Crippen LogP contribution >= 0.6 is 23.4 Å². The Morgan fingerprint density at radius 3 is 2.95 bits per heavy atom. The first kappa shape index (κ1) is 13.9. The average Bonchev–Trinajstić information content (AvgIpc) is 2.83. The molecule has 7 heteroatoms. The standard InChI is InChI=1S/C14H10ClN3O2S/c15-9-3-1-4-10(7-9)18-13-11(5-2-6-16-13)17-14(18)21-8-12(19)20/h1-7H,8H2,(H,19,20). The lowest BCUT2D eigenvalue weighted by Gasteiger charge is -2.07. The van der Waals surface area contributed by atoms with E-state index in [9.17, 15) is 4.79 Å². The molecule has 0 bridgehead atoms. The molecule has 0 amide bonds. The summed E-state index contributed by atoms with van der Waals surface area (Å²) in [5.74, 6) is -0.957. The Bertz CT molecular complexity index is 819. The second-order valence-corrected chi connectivity index (χ2v) is 5.62. The lowest BCUT2D eigenvalue weighted by molar-refractivity contribution is -0.133. The smallest absolute Gasteiger partial charge is 0.313 e. The van der Waals surface area contributed by atoms with Gasteiger partial charge in [0.25, 0.3) is 0 Å². The number of imidazole rings is 1. The SMILES string of the molecule is O=C(O)CSc1nc2cccnc2n1-c1cccc(Cl)c1. The van der Waals surface area contributed by atoms with Gasteiger partial charge in [0.05, 0.1) is 11.4 Å². The zero-order valence-electron chi connectivity index (χ0n) is 10.7. The number of halogens is 1. The number of nitrogens with zero attached hydrogens (tertiary/aromatic N) is 3. The summed E-state index contributed by atoms with van der Waals surface area (Å²) >= 11 is 7.19. The number of hydrogen-bond acceptors (Lipinski definition) is 4. The van der Waals surface area contributed by atoms with Gasteiger partial charge in [-0.15, -0.1) is 0 Å². The molecule has 0 fully saturated rings. The van der Waals surface area contributed by atoms with Gasteiger partial charge in [-0.25, -0.2) is 9.97 Å². The minimum atomic E-state index is -0.891. The fraction of sp³-hybridized carbons (Fsp3) is 0.0714. The molecule has 0 radical (unpaired) electrons. The quantitative estimate of drug-likeness (QED) is 0.748. The van der Waals surface area contributed by atoms with Gasteiger partial charge < -0.3 is 5.11 Å². The number of pyridine rings is 1. The maximum Gasteiger partial charge on any atom is 0.313 e. The number of carboxylic acids is 1. The molecule has 0 atom stereocenters. The summed E-state index contributed by atoms with van der Waals surface area (Å²) in [6.07, 6.45) is 1.68. The van der Waals surface area contributed by atoms with Gasteiger partial charge in [0, 0.05) is 11.2 Å². The van der Waals surface area contributed by atoms with Crippen LogP contribution in [0.5, 0.6) is 0 Å². The van der Waals surface area contributed by atoms with E-state index in [2.05, 4.69) is 9.97 Å². The Balaban J connectivity index is 2.17. The number of fused-ring (bicyclic) bond motifs is 1. The first-order valence-corrected chi connectivity index (χ1v) is 7.45. The largest absolute Gasteiger partial charge is 0.481 e. The Hall–Kier alpha value is -2.05. The molecule has 0 spiro atoms. The number of rotatable bonds is 4. The van der Waals surface area contributed by atoms with Crippen LogP contribution in [0, 0.1) is 0 Å². The molecule has 0 aliphatic rings. The van der Waals surface area contributed by atoms with Crippen molar-refractivity contribution in [1.82, 2.24) is 14.5 Å². The molecule has 0 aliphatic heterocycles. The minimum absolute atomic E-state index is 0.0656. The Morgan fingerprint density at radius 2 is 2.19 bits per heavy atom. The van der Waals surface area contributed by atoms with E-state index in [1.165, 1.54) is 0 Å². The maximum atomic E-state index is 10.8. The molecule has 0 unspecified atom stereocenters. The predicted octanol–water partition coefficient (Wildman–Crippen LogP) is 3.25. The summed E-state index contributed by atoms with van der Waals surface area (Å²) in [7, 11) is 0. The molecular formula is C14H10ClN3O2S. The molecule has 0 saturated carbocycles. The van der Waals surface area contributed by atoms with Gasteiger partial charge >= 0.3 is 5.97 Å². The highest BCUT2D eigenvalue weighted by Crippen LogP contribution is 2.27. The van der Waals surface area contributed by atoms with Gasteiger partial charge in [-0.05, 0) is 30.3 Å². The topological polar surface area (TPSA) is 68.0 Å². The number of hydrogen-bond donors (Lipinski definition) is 1. The van der Waals surface area contributed by atoms with Crippen molar-refractivity contribution in [1.29, 1.82) is 0 Å². The van der Waals surface area contributed by atoms with E-state index in [1.54, 1.807) is 24.4 Å². The molecule has 5 nitrogen and oxygen atoms in total. The summed E-state index contributed by atoms with van der Waals surface area (Å²) in [6.45, 7) is 0. The minimum Gasteiger partial charge on any atom is -0.481 e. The van der Waals surface area contributed by atoms with Crippen LogP contribution in [0.25, 0.3) is 16.9 Å². The summed E-state index contributed by atoms with van der Waals surface area (Å²) in [5, 5.41) is 10.0. The number of thioether (sulfide) groups is 1. The molecule has 1 N–H and O–H groups in total. The summed E-state index contributed by atoms with van der Waals surface area (Å²) in [4.78, 5) is 19.6. The number of aromatic nitrogens is 3. The van der Waals surface area contributed by atoms with Crippen molar-refractivity contribution >= 4 is 40.5 Å². The van der Waals surface area contributed by atoms with Crippen LogP contribution in [-0.2, 0) is 4.79 Å². The third-order valence-corrected chi connectivity index (χ3v) is 3.93. The van der Waals surface area contributed by atoms with Crippen LogP contribution in [0.4, 0.5) is 0 Å². The first-order chi connectivity index (χ1) is 10.1. The third kappa shape index (κ3) is 2.86. The first-order valence-electron chi connectivity index (χ1n) is 6.09. The molecular weight excluding hydrogens is 310 g/mol. The van der Waals surface area contributed by atoms with E-state index >= 15 is 0 Å². The van der Waals surface area contributed by atoms with Crippen LogP contribution in [-0.4, -0.2) is 31.4 Å². The van der Waals surface area contributed by atoms with Crippen molar-refractivity contribution < 1.29 is 9.90 Å². The maximum absolute atomic E-state index is 10.8. The summed E-state index contributed by atoms with van der Waals surface area (Å²) < 4.78 is 1.81. The number of carbonyl (C=O) groups is 1. The van der Waals surface area contributed by atoms with E-state index in [0.29, 0.717) is 21.3 Å². The van der Waals surface area contributed by atoms with E-state index < -0.39 is 5.97 Å². The molecule has 0 saturated heterocycles. The highest BCUT2D eigenvalue weighted by atomic mass is 35.5. The molecule has 3 aromatic rings. The van der Waals surface area contributed by atoms with Crippen molar-refractivity contribution in [2.45, 2.75) is 5.16 Å². The van der Waals surface area contributed by atoms with Crippen LogP contribution in [0.15, 0.2) is 47.8 Å². The molecule has 2 aromatic heterocycles. The lowest BCUT2D eigenvalue weighted by Crippen LogP contribution is -2.02. The molecule has 1 aromatic carbocycles. The van der Waals surface area contributed by atoms with Crippen LogP contribution in [0.2, 0.25) is 5.02 Å². The van der Waals surface area contributed by atoms with Crippen molar-refractivity contribution in [2.24, 2.45) is 0 Å². The fourth-order valence-electron chi connectivity index (χ4n) is 1.96. The lowest BCUT2D eigenvalue weighted by atomic mass is 10.3. The molecule has 21 heavy (non-hydrogen) atoms. The van der Waals surface area contributed by atoms with E-state index in [-0.39, 0.29) is 5.75 Å². The van der Waals surface area contributed by atoms with Crippen LogP contribution < -0.4 is 0 Å². The molecule has 2 heterocycles. The van der Waals surface area contributed by atoms with E-state index in [4.69, 9.17) is 16.7 Å². The van der Waals surface area contributed by atoms with Gasteiger partial charge in [-0.3, -0.25) is 9.36 Å².